The first kappa shape index (κ1) is 22.3. The summed E-state index contributed by atoms with van der Waals surface area (Å²) in [5.41, 5.74) is 3.65. The number of rotatable bonds is 8. The van der Waals surface area contributed by atoms with Gasteiger partial charge in [-0.1, -0.05) is 6.07 Å². The van der Waals surface area contributed by atoms with Crippen molar-refractivity contribution in [3.8, 4) is 22.9 Å². The Morgan fingerprint density at radius 2 is 1.94 bits per heavy atom. The van der Waals surface area contributed by atoms with Crippen LogP contribution in [0.1, 0.15) is 34.5 Å². The maximum absolute atomic E-state index is 12.8. The third kappa shape index (κ3) is 4.50. The molecule has 33 heavy (non-hydrogen) atoms. The van der Waals surface area contributed by atoms with Gasteiger partial charge < -0.3 is 14.8 Å². The fourth-order valence-electron chi connectivity index (χ4n) is 4.14. The Hall–Kier alpha value is -3.95. The Kier molecular flexibility index (Phi) is 6.53. The number of hydrogen-bond acceptors (Lipinski definition) is 7. The standard InChI is InChI=1S/C23H25N5O5/c1-32-20-13-16(19(28(30)31)14-21(20)33-2)23(29)25-11-12-27-18-9-4-3-7-15(18)22(26-27)17-8-5-6-10-24-17/h5-6,8,10,13-14H,3-4,7,9,11-12H2,1-2H3,(H,25,29). The maximum Gasteiger partial charge on any atom is 0.286 e. The van der Waals surface area contributed by atoms with E-state index in [1.165, 1.54) is 31.9 Å². The van der Waals surface area contributed by atoms with E-state index in [9.17, 15) is 14.9 Å². The van der Waals surface area contributed by atoms with Crippen LogP contribution in [0.5, 0.6) is 11.5 Å². The van der Waals surface area contributed by atoms with Gasteiger partial charge in [-0.05, 0) is 37.8 Å². The van der Waals surface area contributed by atoms with Gasteiger partial charge in [0.1, 0.15) is 11.3 Å². The smallest absolute Gasteiger partial charge is 0.286 e. The number of aromatic nitrogens is 3. The summed E-state index contributed by atoms with van der Waals surface area (Å²) >= 11 is 0. The Labute approximate surface area is 190 Å². The highest BCUT2D eigenvalue weighted by Gasteiger charge is 2.25. The van der Waals surface area contributed by atoms with Crippen molar-refractivity contribution in [1.82, 2.24) is 20.1 Å². The summed E-state index contributed by atoms with van der Waals surface area (Å²) in [6, 6.07) is 8.26. The molecule has 0 saturated carbocycles. The fourth-order valence-corrected chi connectivity index (χ4v) is 4.14. The number of pyridine rings is 1. The highest BCUT2D eigenvalue weighted by molar-refractivity contribution is 5.99. The second-order valence-electron chi connectivity index (χ2n) is 7.66. The van der Waals surface area contributed by atoms with Crippen molar-refractivity contribution in [3.05, 3.63) is 63.5 Å². The highest BCUT2D eigenvalue weighted by Crippen LogP contribution is 2.34. The Morgan fingerprint density at radius 1 is 1.18 bits per heavy atom. The Balaban J connectivity index is 1.53. The summed E-state index contributed by atoms with van der Waals surface area (Å²) in [5.74, 6) is -0.131. The van der Waals surface area contributed by atoms with Gasteiger partial charge in [-0.2, -0.15) is 5.10 Å². The van der Waals surface area contributed by atoms with Crippen LogP contribution in [0, 0.1) is 10.1 Å². The average molecular weight is 451 g/mol. The van der Waals surface area contributed by atoms with Crippen LogP contribution >= 0.6 is 0 Å². The number of benzene rings is 1. The van der Waals surface area contributed by atoms with Gasteiger partial charge in [-0.25, -0.2) is 0 Å². The van der Waals surface area contributed by atoms with E-state index in [0.717, 1.165) is 42.8 Å². The molecule has 0 unspecified atom stereocenters. The van der Waals surface area contributed by atoms with Crippen molar-refractivity contribution in [2.45, 2.75) is 32.2 Å². The van der Waals surface area contributed by atoms with Gasteiger partial charge in [0.2, 0.25) is 0 Å². The molecule has 0 atom stereocenters. The molecule has 172 valence electrons. The van der Waals surface area contributed by atoms with Crippen LogP contribution in [0.4, 0.5) is 5.69 Å². The number of carbonyl (C=O) groups is 1. The largest absolute Gasteiger partial charge is 0.493 e. The first-order valence-electron chi connectivity index (χ1n) is 10.7. The lowest BCUT2D eigenvalue weighted by Crippen LogP contribution is -2.28. The topological polar surface area (TPSA) is 121 Å². The minimum atomic E-state index is -0.611. The summed E-state index contributed by atoms with van der Waals surface area (Å²) < 4.78 is 12.2. The molecule has 1 amide bonds. The summed E-state index contributed by atoms with van der Waals surface area (Å²) in [6.07, 6.45) is 5.82. The van der Waals surface area contributed by atoms with Crippen LogP contribution in [0.3, 0.4) is 0 Å². The first-order valence-corrected chi connectivity index (χ1v) is 10.7. The second-order valence-corrected chi connectivity index (χ2v) is 7.66. The predicted octanol–water partition coefficient (Wildman–Crippen LogP) is 3.18. The van der Waals surface area contributed by atoms with Crippen LogP contribution < -0.4 is 14.8 Å². The monoisotopic (exact) mass is 451 g/mol. The summed E-state index contributed by atoms with van der Waals surface area (Å²) in [7, 11) is 2.79. The van der Waals surface area contributed by atoms with Crippen molar-refractivity contribution in [2.75, 3.05) is 20.8 Å². The van der Waals surface area contributed by atoms with E-state index in [2.05, 4.69) is 10.3 Å². The molecule has 0 bridgehead atoms. The molecular formula is C23H25N5O5. The Morgan fingerprint density at radius 3 is 2.64 bits per heavy atom. The molecule has 0 fully saturated rings. The quantitative estimate of drug-likeness (QED) is 0.412. The van der Waals surface area contributed by atoms with Crippen molar-refractivity contribution in [1.29, 1.82) is 0 Å². The van der Waals surface area contributed by atoms with Gasteiger partial charge in [0, 0.05) is 30.1 Å². The fraction of sp³-hybridized carbons (Fsp3) is 0.348. The lowest BCUT2D eigenvalue weighted by molar-refractivity contribution is -0.385. The molecule has 3 aromatic rings. The number of nitro benzene ring substituents is 1. The van der Waals surface area contributed by atoms with E-state index < -0.39 is 10.8 Å². The molecule has 4 rings (SSSR count). The third-order valence-electron chi connectivity index (χ3n) is 5.72. The van der Waals surface area contributed by atoms with E-state index >= 15 is 0 Å². The molecule has 2 aromatic heterocycles. The zero-order valence-corrected chi connectivity index (χ0v) is 18.5. The molecule has 1 aliphatic rings. The molecule has 10 heteroatoms. The molecule has 1 N–H and O–H groups in total. The predicted molar refractivity (Wildman–Crippen MR) is 121 cm³/mol. The SMILES string of the molecule is COc1cc(C(=O)NCCn2nc(-c3ccccn3)c3c2CCCC3)c([N+](=O)[O-])cc1OC. The third-order valence-corrected chi connectivity index (χ3v) is 5.72. The molecule has 1 aromatic carbocycles. The lowest BCUT2D eigenvalue weighted by atomic mass is 9.95. The first-order chi connectivity index (χ1) is 16.0. The highest BCUT2D eigenvalue weighted by atomic mass is 16.6. The molecule has 0 aliphatic heterocycles. The maximum atomic E-state index is 12.8. The average Bonchev–Trinajstić information content (AvgIpc) is 3.22. The van der Waals surface area contributed by atoms with Crippen LogP contribution in [-0.4, -0.2) is 46.4 Å². The molecule has 2 heterocycles. The molecular weight excluding hydrogens is 426 g/mol. The van der Waals surface area contributed by atoms with E-state index in [-0.39, 0.29) is 29.3 Å². The number of nitrogens with one attached hydrogen (secondary N) is 1. The van der Waals surface area contributed by atoms with Gasteiger partial charge in [0.05, 0.1) is 37.4 Å². The van der Waals surface area contributed by atoms with Crippen molar-refractivity contribution < 1.29 is 19.2 Å². The number of amides is 1. The van der Waals surface area contributed by atoms with E-state index in [1.807, 2.05) is 22.9 Å². The summed E-state index contributed by atoms with van der Waals surface area (Å²) in [6.45, 7) is 0.710. The lowest BCUT2D eigenvalue weighted by Gasteiger charge is -2.15. The minimum absolute atomic E-state index is 0.0886. The second kappa shape index (κ2) is 9.68. The van der Waals surface area contributed by atoms with Gasteiger partial charge >= 0.3 is 0 Å². The van der Waals surface area contributed by atoms with Gasteiger partial charge in [0.25, 0.3) is 11.6 Å². The van der Waals surface area contributed by atoms with Gasteiger partial charge in [-0.3, -0.25) is 24.6 Å². The molecule has 1 aliphatic carbocycles. The zero-order valence-electron chi connectivity index (χ0n) is 18.5. The van der Waals surface area contributed by atoms with Crippen molar-refractivity contribution >= 4 is 11.6 Å². The number of nitro groups is 1. The van der Waals surface area contributed by atoms with Crippen LogP contribution in [0.2, 0.25) is 0 Å². The number of methoxy groups -OCH3 is 2. The normalized spacial score (nSPS) is 12.7. The summed E-state index contributed by atoms with van der Waals surface area (Å²) in [4.78, 5) is 28.1. The van der Waals surface area contributed by atoms with Crippen molar-refractivity contribution in [3.63, 3.8) is 0 Å². The zero-order chi connectivity index (χ0) is 23.4. The van der Waals surface area contributed by atoms with Gasteiger partial charge in [-0.15, -0.1) is 0 Å². The van der Waals surface area contributed by atoms with Crippen LogP contribution in [0.15, 0.2) is 36.5 Å². The molecule has 0 spiro atoms. The molecule has 0 radical (unpaired) electrons. The van der Waals surface area contributed by atoms with E-state index in [0.29, 0.717) is 6.54 Å². The van der Waals surface area contributed by atoms with Crippen LogP contribution in [-0.2, 0) is 19.4 Å². The number of fused-ring (bicyclic) bond motifs is 1. The molecule has 0 saturated heterocycles. The number of hydrogen-bond donors (Lipinski definition) is 1. The van der Waals surface area contributed by atoms with E-state index in [4.69, 9.17) is 14.6 Å². The van der Waals surface area contributed by atoms with Crippen LogP contribution in [0.25, 0.3) is 11.4 Å². The van der Waals surface area contributed by atoms with E-state index in [1.54, 1.807) is 6.20 Å². The number of nitrogens with zero attached hydrogens (tertiary/aromatic N) is 4. The summed E-state index contributed by atoms with van der Waals surface area (Å²) in [5, 5.41) is 19.1. The van der Waals surface area contributed by atoms with Crippen molar-refractivity contribution in [2.24, 2.45) is 0 Å². The number of ether oxygens (including phenoxy) is 2. The Bertz CT molecular complexity index is 1180. The minimum Gasteiger partial charge on any atom is -0.493 e. The number of carbonyl (C=O) groups excluding carboxylic acids is 1. The van der Waals surface area contributed by atoms with Gasteiger partial charge in [0.15, 0.2) is 11.5 Å². The molecule has 10 nitrogen and oxygen atoms in total.